The van der Waals surface area contributed by atoms with E-state index in [0.717, 1.165) is 0 Å². The van der Waals surface area contributed by atoms with Gasteiger partial charge in [0.05, 0.1) is 10.5 Å². The van der Waals surface area contributed by atoms with E-state index in [0.29, 0.717) is 28.5 Å². The molecule has 0 saturated heterocycles. The molecule has 0 aliphatic carbocycles. The second kappa shape index (κ2) is 8.34. The molecular formula is C22H17FN4O5. The maximum Gasteiger partial charge on any atom is 0.319 e. The number of halogens is 1. The number of nitrogens with one attached hydrogen (secondary N) is 3. The minimum Gasteiger partial charge on any atom is -0.459 e. The predicted octanol–water partition coefficient (Wildman–Crippen LogP) is 4.26. The van der Waals surface area contributed by atoms with Gasteiger partial charge >= 0.3 is 6.03 Å². The molecule has 1 aromatic heterocycles. The van der Waals surface area contributed by atoms with Crippen molar-refractivity contribution in [1.29, 1.82) is 0 Å². The molecule has 0 spiro atoms. The third-order valence-electron chi connectivity index (χ3n) is 4.89. The summed E-state index contributed by atoms with van der Waals surface area (Å²) in [7, 11) is 0. The number of non-ortho nitro benzene ring substituents is 1. The summed E-state index contributed by atoms with van der Waals surface area (Å²) in [6.07, 6.45) is 0. The van der Waals surface area contributed by atoms with E-state index in [1.165, 1.54) is 36.4 Å². The SMILES string of the molecule is CC1=C(C(=O)Nc2ccc([N+](=O)[O-])cc2)C(c2ccc(-c3ccc(F)cc3)o2)NC(=O)N1. The number of furan rings is 1. The van der Waals surface area contributed by atoms with Gasteiger partial charge in [-0.2, -0.15) is 0 Å². The number of nitrogens with zero attached hydrogens (tertiary/aromatic N) is 1. The van der Waals surface area contributed by atoms with Crippen molar-refractivity contribution in [2.24, 2.45) is 0 Å². The lowest BCUT2D eigenvalue weighted by atomic mass is 9.99. The molecular weight excluding hydrogens is 419 g/mol. The Morgan fingerprint density at radius 2 is 1.78 bits per heavy atom. The Morgan fingerprint density at radius 1 is 1.09 bits per heavy atom. The maximum absolute atomic E-state index is 13.2. The third-order valence-corrected chi connectivity index (χ3v) is 4.89. The van der Waals surface area contributed by atoms with E-state index in [4.69, 9.17) is 4.42 Å². The Kier molecular flexibility index (Phi) is 5.42. The van der Waals surface area contributed by atoms with E-state index < -0.39 is 22.9 Å². The zero-order chi connectivity index (χ0) is 22.8. The van der Waals surface area contributed by atoms with Crippen molar-refractivity contribution in [2.75, 3.05) is 5.32 Å². The Labute approximate surface area is 181 Å². The highest BCUT2D eigenvalue weighted by atomic mass is 19.1. The molecule has 9 nitrogen and oxygen atoms in total. The van der Waals surface area contributed by atoms with E-state index in [2.05, 4.69) is 16.0 Å². The molecule has 0 saturated carbocycles. The van der Waals surface area contributed by atoms with Crippen molar-refractivity contribution in [3.05, 3.63) is 93.6 Å². The van der Waals surface area contributed by atoms with Gasteiger partial charge in [-0.3, -0.25) is 14.9 Å². The number of nitro benzene ring substituents is 1. The summed E-state index contributed by atoms with van der Waals surface area (Å²) in [5.74, 6) is -0.142. The first-order valence-electron chi connectivity index (χ1n) is 9.51. The minimum atomic E-state index is -0.879. The van der Waals surface area contributed by atoms with Gasteiger partial charge in [-0.25, -0.2) is 9.18 Å². The predicted molar refractivity (Wildman–Crippen MR) is 113 cm³/mol. The first-order valence-corrected chi connectivity index (χ1v) is 9.51. The normalized spacial score (nSPS) is 15.7. The van der Waals surface area contributed by atoms with Crippen molar-refractivity contribution in [3.8, 4) is 11.3 Å². The van der Waals surface area contributed by atoms with Crippen LogP contribution >= 0.6 is 0 Å². The maximum atomic E-state index is 13.2. The molecule has 162 valence electrons. The highest BCUT2D eigenvalue weighted by Gasteiger charge is 2.33. The summed E-state index contributed by atoms with van der Waals surface area (Å²) < 4.78 is 19.1. The molecule has 0 radical (unpaired) electrons. The number of allylic oxidation sites excluding steroid dienone is 1. The zero-order valence-corrected chi connectivity index (χ0v) is 16.7. The Bertz CT molecular complexity index is 1230. The average molecular weight is 436 g/mol. The van der Waals surface area contributed by atoms with Gasteiger partial charge in [-0.15, -0.1) is 0 Å². The van der Waals surface area contributed by atoms with Crippen LogP contribution in [0.4, 0.5) is 20.6 Å². The number of amides is 3. The molecule has 0 fully saturated rings. The lowest BCUT2D eigenvalue weighted by Gasteiger charge is -2.27. The summed E-state index contributed by atoms with van der Waals surface area (Å²) in [4.78, 5) is 35.4. The van der Waals surface area contributed by atoms with Gasteiger partial charge in [0.1, 0.15) is 23.4 Å². The number of urea groups is 1. The lowest BCUT2D eigenvalue weighted by molar-refractivity contribution is -0.384. The van der Waals surface area contributed by atoms with Gasteiger partial charge in [0.2, 0.25) is 0 Å². The van der Waals surface area contributed by atoms with E-state index in [1.807, 2.05) is 0 Å². The largest absolute Gasteiger partial charge is 0.459 e. The topological polar surface area (TPSA) is 127 Å². The highest BCUT2D eigenvalue weighted by molar-refractivity contribution is 6.06. The summed E-state index contributed by atoms with van der Waals surface area (Å²) in [6, 6.07) is 13.0. The molecule has 0 bridgehead atoms. The molecule has 2 heterocycles. The number of nitro groups is 1. The molecule has 32 heavy (non-hydrogen) atoms. The second-order valence-electron chi connectivity index (χ2n) is 7.04. The Hall–Kier alpha value is -4.47. The second-order valence-corrected chi connectivity index (χ2v) is 7.04. The van der Waals surface area contributed by atoms with Crippen molar-refractivity contribution < 1.29 is 23.3 Å². The fourth-order valence-electron chi connectivity index (χ4n) is 3.35. The molecule has 1 aliphatic heterocycles. The standard InChI is InChI=1S/C22H17FN4O5/c1-12-19(21(28)25-15-6-8-16(9-7-15)27(30)31)20(26-22(29)24-12)18-11-10-17(32-18)13-2-4-14(23)5-3-13/h2-11,20H,1H3,(H,25,28)(H2,24,26,29). The Morgan fingerprint density at radius 3 is 2.44 bits per heavy atom. The fraction of sp³-hybridized carbons (Fsp3) is 0.0909. The summed E-state index contributed by atoms with van der Waals surface area (Å²) in [6.45, 7) is 1.58. The van der Waals surface area contributed by atoms with Crippen LogP contribution in [-0.2, 0) is 4.79 Å². The van der Waals surface area contributed by atoms with Crippen LogP contribution in [0.5, 0.6) is 0 Å². The smallest absolute Gasteiger partial charge is 0.319 e. The summed E-state index contributed by atoms with van der Waals surface area (Å²) >= 11 is 0. The first kappa shape index (κ1) is 20.8. The van der Waals surface area contributed by atoms with Gasteiger partial charge in [0.25, 0.3) is 11.6 Å². The molecule has 1 unspecified atom stereocenters. The number of benzene rings is 2. The number of carbonyl (C=O) groups is 2. The van der Waals surface area contributed by atoms with Gasteiger partial charge in [-0.1, -0.05) is 0 Å². The van der Waals surface area contributed by atoms with Crippen LogP contribution in [0.1, 0.15) is 18.7 Å². The fourth-order valence-corrected chi connectivity index (χ4v) is 3.35. The summed E-state index contributed by atoms with van der Waals surface area (Å²) in [5.41, 5.74) is 1.42. The van der Waals surface area contributed by atoms with Crippen LogP contribution in [0.2, 0.25) is 0 Å². The van der Waals surface area contributed by atoms with Gasteiger partial charge < -0.3 is 20.4 Å². The van der Waals surface area contributed by atoms with Crippen LogP contribution in [0.25, 0.3) is 11.3 Å². The molecule has 3 amide bonds. The highest BCUT2D eigenvalue weighted by Crippen LogP contribution is 2.32. The van der Waals surface area contributed by atoms with Gasteiger partial charge in [0, 0.05) is 29.1 Å². The molecule has 3 N–H and O–H groups in total. The van der Waals surface area contributed by atoms with Gasteiger partial charge in [0.15, 0.2) is 0 Å². The van der Waals surface area contributed by atoms with E-state index in [-0.39, 0.29) is 17.1 Å². The number of hydrogen-bond donors (Lipinski definition) is 3. The summed E-state index contributed by atoms with van der Waals surface area (Å²) in [5, 5.41) is 18.7. The lowest BCUT2D eigenvalue weighted by Crippen LogP contribution is -2.45. The molecule has 1 atom stereocenters. The number of hydrogen-bond acceptors (Lipinski definition) is 5. The first-order chi connectivity index (χ1) is 15.3. The van der Waals surface area contributed by atoms with Crippen molar-refractivity contribution >= 4 is 23.3 Å². The minimum absolute atomic E-state index is 0.105. The van der Waals surface area contributed by atoms with Crippen LogP contribution in [0, 0.1) is 15.9 Å². The average Bonchev–Trinajstić information content (AvgIpc) is 3.24. The Balaban J connectivity index is 1.62. The monoisotopic (exact) mass is 436 g/mol. The van der Waals surface area contributed by atoms with Crippen LogP contribution < -0.4 is 16.0 Å². The zero-order valence-electron chi connectivity index (χ0n) is 16.7. The molecule has 2 aromatic carbocycles. The van der Waals surface area contributed by atoms with Crippen molar-refractivity contribution in [1.82, 2.24) is 10.6 Å². The van der Waals surface area contributed by atoms with Crippen molar-refractivity contribution in [3.63, 3.8) is 0 Å². The van der Waals surface area contributed by atoms with E-state index >= 15 is 0 Å². The number of anilines is 1. The van der Waals surface area contributed by atoms with Crippen molar-refractivity contribution in [2.45, 2.75) is 13.0 Å². The molecule has 4 rings (SSSR count). The number of carbonyl (C=O) groups excluding carboxylic acids is 2. The van der Waals surface area contributed by atoms with Crippen LogP contribution in [-0.4, -0.2) is 16.9 Å². The molecule has 3 aromatic rings. The van der Waals surface area contributed by atoms with E-state index in [9.17, 15) is 24.1 Å². The quantitative estimate of drug-likeness (QED) is 0.407. The van der Waals surface area contributed by atoms with Crippen LogP contribution in [0.3, 0.4) is 0 Å². The third kappa shape index (κ3) is 4.19. The van der Waals surface area contributed by atoms with Gasteiger partial charge in [-0.05, 0) is 55.5 Å². The molecule has 10 heteroatoms. The van der Waals surface area contributed by atoms with Crippen LogP contribution in [0.15, 0.2) is 76.4 Å². The molecule has 1 aliphatic rings. The number of rotatable bonds is 5. The van der Waals surface area contributed by atoms with E-state index in [1.54, 1.807) is 31.2 Å².